The molecule has 0 unspecified atom stereocenters. The Morgan fingerprint density at radius 1 is 0.756 bits per heavy atom. The summed E-state index contributed by atoms with van der Waals surface area (Å²) in [6.45, 7) is 14.9. The number of hydrogen-bond acceptors (Lipinski definition) is 9. The first-order valence-corrected chi connectivity index (χ1v) is 13.3. The van der Waals surface area contributed by atoms with Gasteiger partial charge in [0.15, 0.2) is 11.6 Å². The highest BCUT2D eigenvalue weighted by molar-refractivity contribution is 5.90. The van der Waals surface area contributed by atoms with Gasteiger partial charge in [-0.1, -0.05) is 0 Å². The standard InChI is InChI=1S/C29H40N6O6/c1-27(2,3)39-24(36)34(16-17-35(25(37)40-28(4,5)6)26(38)41-29(7,8)9)23-13-12-22(31-32-23)33-15-14-19-18-20(30)10-11-21(19)33/h10-15,18H,16-17,30H2,1-9H3. The van der Waals surface area contributed by atoms with Gasteiger partial charge in [0.05, 0.1) is 12.1 Å². The summed E-state index contributed by atoms with van der Waals surface area (Å²) >= 11 is 0. The minimum absolute atomic E-state index is 0.160. The number of carbonyl (C=O) groups is 3. The number of nitrogens with two attached hydrogens (primary N) is 1. The number of imide groups is 1. The van der Waals surface area contributed by atoms with Gasteiger partial charge in [-0.25, -0.2) is 19.3 Å². The molecule has 0 fully saturated rings. The Bertz CT molecular complexity index is 1370. The van der Waals surface area contributed by atoms with Crippen LogP contribution in [0.1, 0.15) is 62.3 Å². The predicted molar refractivity (Wildman–Crippen MR) is 156 cm³/mol. The molecule has 2 aromatic heterocycles. The largest absolute Gasteiger partial charge is 0.443 e. The van der Waals surface area contributed by atoms with Gasteiger partial charge in [-0.3, -0.25) is 9.47 Å². The molecule has 0 aliphatic heterocycles. The third kappa shape index (κ3) is 8.82. The van der Waals surface area contributed by atoms with Crippen LogP contribution in [0.5, 0.6) is 0 Å². The van der Waals surface area contributed by atoms with Crippen molar-refractivity contribution in [2.75, 3.05) is 23.7 Å². The van der Waals surface area contributed by atoms with Gasteiger partial charge in [-0.2, -0.15) is 0 Å². The maximum Gasteiger partial charge on any atom is 0.419 e. The van der Waals surface area contributed by atoms with E-state index in [0.29, 0.717) is 11.5 Å². The van der Waals surface area contributed by atoms with Gasteiger partial charge >= 0.3 is 18.3 Å². The Morgan fingerprint density at radius 3 is 1.83 bits per heavy atom. The van der Waals surface area contributed by atoms with Crippen LogP contribution in [0.2, 0.25) is 0 Å². The van der Waals surface area contributed by atoms with Crippen molar-refractivity contribution in [2.24, 2.45) is 0 Å². The molecule has 3 rings (SSSR count). The lowest BCUT2D eigenvalue weighted by molar-refractivity contribution is 0.00153. The van der Waals surface area contributed by atoms with Crippen LogP contribution in [-0.2, 0) is 14.2 Å². The maximum atomic E-state index is 13.3. The third-order valence-corrected chi connectivity index (χ3v) is 5.26. The summed E-state index contributed by atoms with van der Waals surface area (Å²) in [5.41, 5.74) is 4.89. The summed E-state index contributed by atoms with van der Waals surface area (Å²) in [7, 11) is 0. The second-order valence-electron chi connectivity index (χ2n) is 12.5. The number of hydrogen-bond donors (Lipinski definition) is 1. The monoisotopic (exact) mass is 568 g/mol. The maximum absolute atomic E-state index is 13.3. The van der Waals surface area contributed by atoms with Crippen LogP contribution in [0.15, 0.2) is 42.6 Å². The smallest absolute Gasteiger partial charge is 0.419 e. The Hall–Kier alpha value is -4.35. The summed E-state index contributed by atoms with van der Waals surface area (Å²) in [6, 6.07) is 10.8. The van der Waals surface area contributed by atoms with E-state index in [9.17, 15) is 14.4 Å². The number of nitrogen functional groups attached to an aromatic ring is 1. The number of benzene rings is 1. The quantitative estimate of drug-likeness (QED) is 0.293. The van der Waals surface area contributed by atoms with Crippen molar-refractivity contribution in [3.05, 3.63) is 42.6 Å². The number of anilines is 2. The van der Waals surface area contributed by atoms with Gasteiger partial charge in [0.2, 0.25) is 0 Å². The molecular weight excluding hydrogens is 528 g/mol. The highest BCUT2D eigenvalue weighted by atomic mass is 16.6. The second-order valence-corrected chi connectivity index (χ2v) is 12.5. The molecule has 0 aliphatic rings. The molecule has 12 nitrogen and oxygen atoms in total. The van der Waals surface area contributed by atoms with Gasteiger partial charge < -0.3 is 19.9 Å². The normalized spacial score (nSPS) is 12.1. The van der Waals surface area contributed by atoms with Crippen LogP contribution >= 0.6 is 0 Å². The molecule has 0 bridgehead atoms. The fourth-order valence-electron chi connectivity index (χ4n) is 3.66. The molecule has 0 saturated carbocycles. The summed E-state index contributed by atoms with van der Waals surface area (Å²) in [5, 5.41) is 9.54. The van der Waals surface area contributed by atoms with E-state index in [-0.39, 0.29) is 18.9 Å². The first-order chi connectivity index (χ1) is 18.8. The van der Waals surface area contributed by atoms with E-state index in [4.69, 9.17) is 19.9 Å². The van der Waals surface area contributed by atoms with Crippen molar-refractivity contribution in [3.8, 4) is 5.82 Å². The van der Waals surface area contributed by atoms with Crippen molar-refractivity contribution >= 4 is 40.7 Å². The second kappa shape index (κ2) is 11.6. The summed E-state index contributed by atoms with van der Waals surface area (Å²) in [6.07, 6.45) is -0.691. The third-order valence-electron chi connectivity index (χ3n) is 5.26. The molecule has 0 atom stereocenters. The first kappa shape index (κ1) is 31.2. The number of rotatable bonds is 5. The lowest BCUT2D eigenvalue weighted by Gasteiger charge is -2.31. The Labute approximate surface area is 240 Å². The molecule has 3 aromatic rings. The molecule has 2 N–H and O–H groups in total. The zero-order valence-electron chi connectivity index (χ0n) is 25.2. The molecular formula is C29H40N6O6. The molecule has 0 spiro atoms. The van der Waals surface area contributed by atoms with Crippen LogP contribution in [-0.4, -0.2) is 67.8 Å². The number of nitrogens with zero attached hydrogens (tertiary/aromatic N) is 5. The number of aromatic nitrogens is 3. The van der Waals surface area contributed by atoms with Crippen molar-refractivity contribution in [2.45, 2.75) is 79.1 Å². The van der Waals surface area contributed by atoms with E-state index in [0.717, 1.165) is 15.8 Å². The molecule has 0 saturated heterocycles. The summed E-state index contributed by atoms with van der Waals surface area (Å²) in [5.74, 6) is 0.679. The summed E-state index contributed by atoms with van der Waals surface area (Å²) < 4.78 is 18.3. The molecule has 222 valence electrons. The fourth-order valence-corrected chi connectivity index (χ4v) is 3.66. The fraction of sp³-hybridized carbons (Fsp3) is 0.483. The van der Waals surface area contributed by atoms with Crippen LogP contribution in [0.3, 0.4) is 0 Å². The number of amides is 3. The summed E-state index contributed by atoms with van der Waals surface area (Å²) in [4.78, 5) is 41.2. The molecule has 41 heavy (non-hydrogen) atoms. The van der Waals surface area contributed by atoms with Crippen molar-refractivity contribution < 1.29 is 28.6 Å². The number of ether oxygens (including phenoxy) is 3. The number of fused-ring (bicyclic) bond motifs is 1. The molecule has 1 aromatic carbocycles. The van der Waals surface area contributed by atoms with Gasteiger partial charge in [-0.15, -0.1) is 10.2 Å². The zero-order valence-corrected chi connectivity index (χ0v) is 25.2. The highest BCUT2D eigenvalue weighted by Crippen LogP contribution is 2.23. The zero-order chi connectivity index (χ0) is 30.8. The first-order valence-electron chi connectivity index (χ1n) is 13.3. The number of carbonyl (C=O) groups excluding carboxylic acids is 3. The predicted octanol–water partition coefficient (Wildman–Crippen LogP) is 5.92. The van der Waals surface area contributed by atoms with E-state index in [1.165, 1.54) is 4.90 Å². The van der Waals surface area contributed by atoms with Crippen LogP contribution in [0.25, 0.3) is 16.7 Å². The van der Waals surface area contributed by atoms with Crippen LogP contribution < -0.4 is 10.6 Å². The van der Waals surface area contributed by atoms with E-state index in [1.54, 1.807) is 80.5 Å². The average molecular weight is 569 g/mol. The van der Waals surface area contributed by atoms with Gasteiger partial charge in [-0.05, 0) is 98.7 Å². The Morgan fingerprint density at radius 2 is 1.32 bits per heavy atom. The average Bonchev–Trinajstić information content (AvgIpc) is 3.21. The SMILES string of the molecule is CC(C)(C)OC(=O)N(CCN(C(=O)OC(C)(C)C)c1ccc(-n2ccc3cc(N)ccc32)nn1)C(=O)OC(C)(C)C. The van der Waals surface area contributed by atoms with Crippen molar-refractivity contribution in [1.82, 2.24) is 19.7 Å². The molecule has 2 heterocycles. The minimum atomic E-state index is -0.905. The van der Waals surface area contributed by atoms with Gasteiger partial charge in [0.1, 0.15) is 16.8 Å². The van der Waals surface area contributed by atoms with Gasteiger partial charge in [0, 0.05) is 23.8 Å². The van der Waals surface area contributed by atoms with E-state index in [1.807, 2.05) is 29.0 Å². The molecule has 0 radical (unpaired) electrons. The van der Waals surface area contributed by atoms with Crippen LogP contribution in [0.4, 0.5) is 25.9 Å². The van der Waals surface area contributed by atoms with E-state index in [2.05, 4.69) is 10.2 Å². The topological polar surface area (TPSA) is 142 Å². The van der Waals surface area contributed by atoms with Gasteiger partial charge in [0.25, 0.3) is 0 Å². The van der Waals surface area contributed by atoms with Crippen molar-refractivity contribution in [3.63, 3.8) is 0 Å². The minimum Gasteiger partial charge on any atom is -0.443 e. The van der Waals surface area contributed by atoms with E-state index >= 15 is 0 Å². The lowest BCUT2D eigenvalue weighted by atomic mass is 10.2. The molecule has 12 heteroatoms. The molecule has 0 aliphatic carbocycles. The highest BCUT2D eigenvalue weighted by Gasteiger charge is 2.33. The van der Waals surface area contributed by atoms with Crippen LogP contribution in [0, 0.1) is 0 Å². The Balaban J connectivity index is 1.92. The van der Waals surface area contributed by atoms with E-state index < -0.39 is 35.1 Å². The van der Waals surface area contributed by atoms with Crippen molar-refractivity contribution in [1.29, 1.82) is 0 Å². The Kier molecular flexibility index (Phi) is 8.85. The lowest BCUT2D eigenvalue weighted by Crippen LogP contribution is -2.48. The molecule has 3 amide bonds.